The first-order chi connectivity index (χ1) is 13.6. The first-order valence-electron chi connectivity index (χ1n) is 8.97. The van der Waals surface area contributed by atoms with Crippen molar-refractivity contribution in [2.24, 2.45) is 12.8 Å². The second-order valence-corrected chi connectivity index (χ2v) is 7.09. The summed E-state index contributed by atoms with van der Waals surface area (Å²) in [5.41, 5.74) is 7.41. The Morgan fingerprint density at radius 2 is 1.69 bits per heavy atom. The minimum atomic E-state index is -0.535. The van der Waals surface area contributed by atoms with Crippen LogP contribution in [0.4, 0.5) is 21.9 Å². The fourth-order valence-corrected chi connectivity index (χ4v) is 2.12. The minimum absolute atomic E-state index is 0.00772. The van der Waals surface area contributed by atoms with Gasteiger partial charge in [0.2, 0.25) is 5.91 Å². The van der Waals surface area contributed by atoms with E-state index in [0.29, 0.717) is 11.4 Å². The highest BCUT2D eigenvalue weighted by atomic mass is 16.6. The van der Waals surface area contributed by atoms with E-state index in [1.807, 2.05) is 31.3 Å². The zero-order chi connectivity index (χ0) is 22.0. The molecule has 0 bridgehead atoms. The maximum absolute atomic E-state index is 11.4. The fraction of sp³-hybridized carbons (Fsp3) is 0.350. The first-order valence-corrected chi connectivity index (χ1v) is 8.97. The molecule has 158 valence electrons. The number of hydrogen-bond donors (Lipinski definition) is 4. The number of anilines is 3. The highest BCUT2D eigenvalue weighted by molar-refractivity contribution is 5.92. The largest absolute Gasteiger partial charge is 0.444 e. The molecular formula is C20H29N5O4. The molecule has 0 aliphatic carbocycles. The summed E-state index contributed by atoms with van der Waals surface area (Å²) >= 11 is 0. The lowest BCUT2D eigenvalue weighted by Crippen LogP contribution is -2.27. The van der Waals surface area contributed by atoms with Gasteiger partial charge in [0.1, 0.15) is 5.60 Å². The van der Waals surface area contributed by atoms with Gasteiger partial charge in [-0.2, -0.15) is 0 Å². The van der Waals surface area contributed by atoms with Gasteiger partial charge in [0.15, 0.2) is 6.29 Å². The maximum atomic E-state index is 11.4. The zero-order valence-corrected chi connectivity index (χ0v) is 17.4. The Morgan fingerprint density at radius 1 is 1.10 bits per heavy atom. The van der Waals surface area contributed by atoms with Crippen molar-refractivity contribution in [1.82, 2.24) is 4.57 Å². The van der Waals surface area contributed by atoms with Crippen molar-refractivity contribution in [3.05, 3.63) is 42.2 Å². The number of ether oxygens (including phenoxy) is 1. The molecule has 9 heteroatoms. The lowest BCUT2D eigenvalue weighted by Gasteiger charge is -2.19. The van der Waals surface area contributed by atoms with E-state index in [-0.39, 0.29) is 12.5 Å². The molecule has 5 N–H and O–H groups in total. The molecule has 0 unspecified atom stereocenters. The average Bonchev–Trinajstić information content (AvgIpc) is 3.00. The topological polar surface area (TPSA) is 127 Å². The van der Waals surface area contributed by atoms with Gasteiger partial charge in [0.25, 0.3) is 0 Å². The molecule has 0 saturated heterocycles. The van der Waals surface area contributed by atoms with E-state index in [4.69, 9.17) is 10.5 Å². The Morgan fingerprint density at radius 3 is 2.14 bits per heavy atom. The molecule has 2 aromatic rings. The summed E-state index contributed by atoms with van der Waals surface area (Å²) in [6.07, 6.45) is 1.84. The lowest BCUT2D eigenvalue weighted by atomic mass is 10.2. The predicted octanol–water partition coefficient (Wildman–Crippen LogP) is 2.81. The quantitative estimate of drug-likeness (QED) is 0.569. The number of aryl methyl sites for hydroxylation is 1. The number of nitrogens with two attached hydrogens (primary N) is 1. The molecule has 2 rings (SSSR count). The van der Waals surface area contributed by atoms with Crippen LogP contribution in [0.3, 0.4) is 0 Å². The SMILES string of the molecule is CNc1ccc(NC(=O)CN)cc1.Cn1cc(NC(=O)OC(C)(C)C)cc1C=O. The molecule has 0 aliphatic rings. The Kier molecular flexibility index (Phi) is 8.88. The molecule has 9 nitrogen and oxygen atoms in total. The molecule has 29 heavy (non-hydrogen) atoms. The van der Waals surface area contributed by atoms with Gasteiger partial charge in [-0.3, -0.25) is 14.9 Å². The first kappa shape index (κ1) is 23.7. The normalized spacial score (nSPS) is 10.3. The van der Waals surface area contributed by atoms with Crippen molar-refractivity contribution in [3.63, 3.8) is 0 Å². The van der Waals surface area contributed by atoms with Crippen LogP contribution in [0.15, 0.2) is 36.5 Å². The van der Waals surface area contributed by atoms with Gasteiger partial charge in [-0.15, -0.1) is 0 Å². The van der Waals surface area contributed by atoms with E-state index in [9.17, 15) is 14.4 Å². The number of rotatable bonds is 5. The van der Waals surface area contributed by atoms with Gasteiger partial charge in [0.05, 0.1) is 17.9 Å². The Bertz CT molecular complexity index is 822. The summed E-state index contributed by atoms with van der Waals surface area (Å²) in [5, 5.41) is 8.19. The second kappa shape index (κ2) is 10.9. The Balaban J connectivity index is 0.000000296. The highest BCUT2D eigenvalue weighted by Gasteiger charge is 2.16. The van der Waals surface area contributed by atoms with Crippen LogP contribution in [0, 0.1) is 0 Å². The third-order valence-electron chi connectivity index (χ3n) is 3.45. The summed E-state index contributed by atoms with van der Waals surface area (Å²) in [4.78, 5) is 32.9. The van der Waals surface area contributed by atoms with Crippen molar-refractivity contribution in [2.75, 3.05) is 29.5 Å². The lowest BCUT2D eigenvalue weighted by molar-refractivity contribution is -0.114. The van der Waals surface area contributed by atoms with Crippen LogP contribution in [0.25, 0.3) is 0 Å². The average molecular weight is 403 g/mol. The number of amides is 2. The molecule has 1 aromatic heterocycles. The van der Waals surface area contributed by atoms with E-state index in [1.54, 1.807) is 44.6 Å². The molecule has 0 atom stereocenters. The number of carbonyl (C=O) groups is 3. The molecule has 0 radical (unpaired) electrons. The number of nitrogens with zero attached hydrogens (tertiary/aromatic N) is 1. The van der Waals surface area contributed by atoms with Crippen LogP contribution >= 0.6 is 0 Å². The number of benzene rings is 1. The highest BCUT2D eigenvalue weighted by Crippen LogP contribution is 2.14. The molecule has 0 aliphatic heterocycles. The minimum Gasteiger partial charge on any atom is -0.444 e. The van der Waals surface area contributed by atoms with Crippen LogP contribution < -0.4 is 21.7 Å². The third kappa shape index (κ3) is 8.93. The van der Waals surface area contributed by atoms with Gasteiger partial charge >= 0.3 is 6.09 Å². The van der Waals surface area contributed by atoms with Crippen molar-refractivity contribution in [1.29, 1.82) is 0 Å². The van der Waals surface area contributed by atoms with Crippen molar-refractivity contribution in [2.45, 2.75) is 26.4 Å². The number of aromatic nitrogens is 1. The fourth-order valence-electron chi connectivity index (χ4n) is 2.12. The van der Waals surface area contributed by atoms with Gasteiger partial charge in [-0.05, 0) is 51.1 Å². The number of nitrogens with one attached hydrogen (secondary N) is 3. The van der Waals surface area contributed by atoms with Crippen molar-refractivity contribution < 1.29 is 19.1 Å². The van der Waals surface area contributed by atoms with Crippen molar-refractivity contribution >= 4 is 35.3 Å². The Labute approximate surface area is 170 Å². The van der Waals surface area contributed by atoms with Gasteiger partial charge in [-0.25, -0.2) is 4.79 Å². The van der Waals surface area contributed by atoms with Crippen LogP contribution in [-0.4, -0.2) is 42.0 Å². The van der Waals surface area contributed by atoms with Crippen LogP contribution in [0.5, 0.6) is 0 Å². The van der Waals surface area contributed by atoms with E-state index in [2.05, 4.69) is 16.0 Å². The zero-order valence-electron chi connectivity index (χ0n) is 17.4. The molecular weight excluding hydrogens is 374 g/mol. The summed E-state index contributed by atoms with van der Waals surface area (Å²) < 4.78 is 6.70. The predicted molar refractivity (Wildman–Crippen MR) is 114 cm³/mol. The van der Waals surface area contributed by atoms with E-state index in [0.717, 1.165) is 17.7 Å². The van der Waals surface area contributed by atoms with E-state index < -0.39 is 11.7 Å². The molecule has 0 fully saturated rings. The molecule has 2 amide bonds. The number of aldehydes is 1. The maximum Gasteiger partial charge on any atom is 0.412 e. The van der Waals surface area contributed by atoms with Gasteiger partial charge in [0, 0.05) is 31.7 Å². The summed E-state index contributed by atoms with van der Waals surface area (Å²) in [6.45, 7) is 5.37. The van der Waals surface area contributed by atoms with Crippen LogP contribution in [0.2, 0.25) is 0 Å². The molecule has 1 heterocycles. The summed E-state index contributed by atoms with van der Waals surface area (Å²) in [6, 6.07) is 8.98. The summed E-state index contributed by atoms with van der Waals surface area (Å²) in [5.74, 6) is -0.183. The van der Waals surface area contributed by atoms with Gasteiger partial charge in [-0.1, -0.05) is 0 Å². The van der Waals surface area contributed by atoms with Gasteiger partial charge < -0.3 is 25.7 Å². The monoisotopic (exact) mass is 403 g/mol. The van der Waals surface area contributed by atoms with Crippen molar-refractivity contribution in [3.8, 4) is 0 Å². The molecule has 0 saturated carbocycles. The third-order valence-corrected chi connectivity index (χ3v) is 3.45. The van der Waals surface area contributed by atoms with Crippen LogP contribution in [0.1, 0.15) is 31.3 Å². The second-order valence-electron chi connectivity index (χ2n) is 7.09. The molecule has 0 spiro atoms. The van der Waals surface area contributed by atoms with Crippen LogP contribution in [-0.2, 0) is 16.6 Å². The van der Waals surface area contributed by atoms with E-state index in [1.165, 1.54) is 0 Å². The Hall–Kier alpha value is -3.33. The number of hydrogen-bond acceptors (Lipinski definition) is 6. The standard InChI is InChI=1S/C11H16N2O3.C9H13N3O/c1-11(2,3)16-10(15)12-8-5-9(7-14)13(4)6-8;1-11-7-2-4-8(5-3-7)12-9(13)6-10/h5-7H,1-4H3,(H,12,15);2-5,11H,6,10H2,1H3,(H,12,13). The molecule has 1 aromatic carbocycles. The van der Waals surface area contributed by atoms with E-state index >= 15 is 0 Å². The summed E-state index contributed by atoms with van der Waals surface area (Å²) in [7, 11) is 3.57. The number of carbonyl (C=O) groups excluding carboxylic acids is 3. The smallest absolute Gasteiger partial charge is 0.412 e.